The molecule has 8 heteroatoms. The molecule has 1 aliphatic heterocycles. The zero-order chi connectivity index (χ0) is 17.2. The summed E-state index contributed by atoms with van der Waals surface area (Å²) < 4.78 is 9.28. The monoisotopic (exact) mass is 435 g/mol. The Morgan fingerprint density at radius 3 is 2.83 bits per heavy atom. The third-order valence-corrected chi connectivity index (χ3v) is 4.18. The number of nitrogens with one attached hydrogen (secondary N) is 1. The third-order valence-electron chi connectivity index (χ3n) is 3.66. The maximum Gasteiger partial charge on any atom is 0.407 e. The predicted molar refractivity (Wildman–Crippen MR) is 100 cm³/mol. The fourth-order valence-electron chi connectivity index (χ4n) is 2.77. The number of carbonyl (C=O) groups is 1. The van der Waals surface area contributed by atoms with Crippen LogP contribution in [0.2, 0.25) is 0 Å². The summed E-state index contributed by atoms with van der Waals surface area (Å²) in [6, 6.07) is 0.0841. The Labute approximate surface area is 151 Å². The first-order valence-corrected chi connectivity index (χ1v) is 8.80. The van der Waals surface area contributed by atoms with Gasteiger partial charge in [0.05, 0.1) is 29.1 Å². The van der Waals surface area contributed by atoms with Crippen molar-refractivity contribution in [2.24, 2.45) is 7.05 Å². The number of nitrogens with zero attached hydrogens (tertiary/aromatic N) is 4. The van der Waals surface area contributed by atoms with Gasteiger partial charge in [0.1, 0.15) is 11.3 Å². The molecule has 1 saturated heterocycles. The van der Waals surface area contributed by atoms with Crippen LogP contribution in [0.4, 0.5) is 16.3 Å². The van der Waals surface area contributed by atoms with Gasteiger partial charge in [0.25, 0.3) is 0 Å². The first kappa shape index (κ1) is 18.2. The van der Waals surface area contributed by atoms with Crippen molar-refractivity contribution in [2.45, 2.75) is 45.3 Å². The van der Waals surface area contributed by atoms with Crippen molar-refractivity contribution < 1.29 is 9.53 Å². The molecule has 1 N–H and O–H groups in total. The molecule has 2 rings (SSSR count). The summed E-state index contributed by atoms with van der Waals surface area (Å²) >= 11 is 2.25. The van der Waals surface area contributed by atoms with Gasteiger partial charge in [-0.25, -0.2) is 4.79 Å². The summed E-state index contributed by atoms with van der Waals surface area (Å²) in [5, 5.41) is 7.35. The molecule has 7 nitrogen and oxygen atoms in total. The van der Waals surface area contributed by atoms with Crippen LogP contribution in [-0.2, 0) is 11.8 Å². The maximum atomic E-state index is 12.0. The number of aromatic nitrogens is 2. The van der Waals surface area contributed by atoms with Crippen LogP contribution >= 0.6 is 22.9 Å². The minimum atomic E-state index is -0.475. The highest BCUT2D eigenvalue weighted by Gasteiger charge is 2.27. The number of aryl methyl sites for hydroxylation is 1. The zero-order valence-electron chi connectivity index (χ0n) is 14.5. The number of halogens is 1. The normalized spacial score (nSPS) is 18.7. The maximum absolute atomic E-state index is 12.0. The molecule has 0 radical (unpaired) electrons. The molecule has 1 aromatic rings. The zero-order valence-corrected chi connectivity index (χ0v) is 16.6. The van der Waals surface area contributed by atoms with Gasteiger partial charge in [-0.1, -0.05) is 0 Å². The fourth-order valence-corrected chi connectivity index (χ4v) is 3.11. The molecular formula is C15H26IN5O2. The van der Waals surface area contributed by atoms with Crippen molar-refractivity contribution in [1.29, 1.82) is 0 Å². The molecule has 0 bridgehead atoms. The number of piperidine rings is 1. The topological polar surface area (TPSA) is 62.6 Å². The standard InChI is InChI=1S/C15H26IN5O2/c1-15(2,3)23-14(22)18-11-7-6-8-21(10-11)13-12(19(4)16)9-17-20(13)5/h9,11H,6-8,10H2,1-5H3,(H,18,22)/t11-/m1/s1. The molecule has 1 fully saturated rings. The number of rotatable bonds is 3. The second-order valence-corrected chi connectivity index (χ2v) is 8.33. The smallest absolute Gasteiger partial charge is 0.407 e. The van der Waals surface area contributed by atoms with Gasteiger partial charge in [0.15, 0.2) is 5.82 Å². The molecule has 1 amide bonds. The molecule has 0 saturated carbocycles. The van der Waals surface area contributed by atoms with Crippen molar-refractivity contribution in [3.63, 3.8) is 0 Å². The molecule has 0 aliphatic carbocycles. The van der Waals surface area contributed by atoms with E-state index in [1.807, 2.05) is 48.9 Å². The molecule has 2 heterocycles. The minimum absolute atomic E-state index is 0.0841. The third kappa shape index (κ3) is 4.89. The number of hydrogen-bond donors (Lipinski definition) is 1. The van der Waals surface area contributed by atoms with E-state index in [-0.39, 0.29) is 12.1 Å². The summed E-state index contributed by atoms with van der Waals surface area (Å²) in [5.41, 5.74) is 0.600. The molecule has 1 atom stereocenters. The summed E-state index contributed by atoms with van der Waals surface area (Å²) in [4.78, 5) is 14.3. The average molecular weight is 435 g/mol. The van der Waals surface area contributed by atoms with Crippen molar-refractivity contribution in [2.75, 3.05) is 28.2 Å². The highest BCUT2D eigenvalue weighted by Crippen LogP contribution is 2.31. The Hall–Kier alpha value is -1.19. The van der Waals surface area contributed by atoms with Gasteiger partial charge in [0, 0.05) is 33.2 Å². The van der Waals surface area contributed by atoms with Crippen molar-refractivity contribution in [3.8, 4) is 0 Å². The molecule has 23 heavy (non-hydrogen) atoms. The van der Waals surface area contributed by atoms with E-state index in [9.17, 15) is 4.79 Å². The Morgan fingerprint density at radius 1 is 1.52 bits per heavy atom. The Balaban J connectivity index is 2.04. The average Bonchev–Trinajstić information content (AvgIpc) is 2.78. The van der Waals surface area contributed by atoms with Gasteiger partial charge < -0.3 is 18.1 Å². The first-order valence-electron chi connectivity index (χ1n) is 7.83. The quantitative estimate of drug-likeness (QED) is 0.585. The predicted octanol–water partition coefficient (Wildman–Crippen LogP) is 2.70. The number of alkyl carbamates (subject to hydrolysis) is 1. The molecule has 0 unspecified atom stereocenters. The van der Waals surface area contributed by atoms with E-state index in [0.717, 1.165) is 37.4 Å². The van der Waals surface area contributed by atoms with Gasteiger partial charge in [-0.3, -0.25) is 4.68 Å². The first-order chi connectivity index (χ1) is 10.7. The molecule has 130 valence electrons. The lowest BCUT2D eigenvalue weighted by Gasteiger charge is -2.35. The van der Waals surface area contributed by atoms with Crippen LogP contribution in [0.25, 0.3) is 0 Å². The van der Waals surface area contributed by atoms with Gasteiger partial charge in [-0.05, 0) is 33.6 Å². The number of ether oxygens (including phenoxy) is 1. The van der Waals surface area contributed by atoms with Gasteiger partial charge in [-0.2, -0.15) is 5.10 Å². The molecule has 0 spiro atoms. The van der Waals surface area contributed by atoms with E-state index in [1.54, 1.807) is 0 Å². The summed E-state index contributed by atoms with van der Waals surface area (Å²) in [6.07, 6.45) is 3.51. The second-order valence-electron chi connectivity index (χ2n) is 6.89. The van der Waals surface area contributed by atoms with Crippen LogP contribution in [0, 0.1) is 0 Å². The highest BCUT2D eigenvalue weighted by atomic mass is 127. The number of anilines is 2. The number of carbonyl (C=O) groups excluding carboxylic acids is 1. The van der Waals surface area contributed by atoms with Crippen LogP contribution < -0.4 is 13.3 Å². The van der Waals surface area contributed by atoms with Crippen molar-refractivity contribution >= 4 is 40.5 Å². The molecule has 0 aromatic carbocycles. The second kappa shape index (κ2) is 7.14. The van der Waals surface area contributed by atoms with E-state index in [1.165, 1.54) is 0 Å². The van der Waals surface area contributed by atoms with E-state index in [2.05, 4.69) is 38.2 Å². The van der Waals surface area contributed by atoms with Crippen LogP contribution in [0.5, 0.6) is 0 Å². The van der Waals surface area contributed by atoms with Crippen LogP contribution in [0.15, 0.2) is 6.20 Å². The lowest BCUT2D eigenvalue weighted by molar-refractivity contribution is 0.0500. The Kier molecular flexibility index (Phi) is 5.64. The molecule has 1 aromatic heterocycles. The van der Waals surface area contributed by atoms with Crippen LogP contribution in [0.3, 0.4) is 0 Å². The van der Waals surface area contributed by atoms with Crippen molar-refractivity contribution in [3.05, 3.63) is 6.20 Å². The highest BCUT2D eigenvalue weighted by molar-refractivity contribution is 14.1. The van der Waals surface area contributed by atoms with Gasteiger partial charge >= 0.3 is 6.09 Å². The summed E-state index contributed by atoms with van der Waals surface area (Å²) in [7, 11) is 3.95. The number of amides is 1. The number of hydrogen-bond acceptors (Lipinski definition) is 5. The van der Waals surface area contributed by atoms with E-state index < -0.39 is 5.60 Å². The van der Waals surface area contributed by atoms with Crippen LogP contribution in [-0.4, -0.2) is 47.7 Å². The lowest BCUT2D eigenvalue weighted by atomic mass is 10.1. The Morgan fingerprint density at radius 2 is 2.22 bits per heavy atom. The largest absolute Gasteiger partial charge is 0.444 e. The van der Waals surface area contributed by atoms with E-state index in [0.29, 0.717) is 0 Å². The fraction of sp³-hybridized carbons (Fsp3) is 0.733. The SMILES string of the molecule is CN(I)c1cnn(C)c1N1CCC[C@@H](NC(=O)OC(C)(C)C)C1. The van der Waals surface area contributed by atoms with Gasteiger partial charge in [-0.15, -0.1) is 0 Å². The summed E-state index contributed by atoms with van der Waals surface area (Å²) in [6.45, 7) is 7.34. The van der Waals surface area contributed by atoms with E-state index >= 15 is 0 Å². The molecule has 1 aliphatic rings. The van der Waals surface area contributed by atoms with Crippen molar-refractivity contribution in [1.82, 2.24) is 15.1 Å². The Bertz CT molecular complexity index is 553. The lowest BCUT2D eigenvalue weighted by Crippen LogP contribution is -2.49. The van der Waals surface area contributed by atoms with Crippen LogP contribution in [0.1, 0.15) is 33.6 Å². The minimum Gasteiger partial charge on any atom is -0.444 e. The van der Waals surface area contributed by atoms with Gasteiger partial charge in [0.2, 0.25) is 0 Å². The van der Waals surface area contributed by atoms with E-state index in [4.69, 9.17) is 4.74 Å². The molecular weight excluding hydrogens is 409 g/mol. The summed E-state index contributed by atoms with van der Waals surface area (Å²) in [5.74, 6) is 1.08.